The number of esters is 1. The number of carbonyl (C=O) groups is 1. The van der Waals surface area contributed by atoms with Gasteiger partial charge in [0.25, 0.3) is 0 Å². The zero-order chi connectivity index (χ0) is 15.5. The van der Waals surface area contributed by atoms with Crippen molar-refractivity contribution in [1.82, 2.24) is 4.90 Å². The molecular weight excluding hydrogens is 266 g/mol. The Labute approximate surface area is 124 Å². The van der Waals surface area contributed by atoms with Crippen LogP contribution in [-0.4, -0.2) is 24.0 Å². The minimum absolute atomic E-state index is 0.00906. The molecule has 1 aromatic carbocycles. The van der Waals surface area contributed by atoms with Gasteiger partial charge in [0.15, 0.2) is 0 Å². The molecule has 0 fully saturated rings. The lowest BCUT2D eigenvalue weighted by Gasteiger charge is -2.20. The number of nitrogens with zero attached hydrogens (tertiary/aromatic N) is 3. The minimum Gasteiger partial charge on any atom is -0.466 e. The van der Waals surface area contributed by atoms with Crippen LogP contribution in [0.4, 0.5) is 0 Å². The maximum Gasteiger partial charge on any atom is 0.307 e. The van der Waals surface area contributed by atoms with Crippen molar-refractivity contribution in [1.29, 1.82) is 10.5 Å². The highest BCUT2D eigenvalue weighted by Crippen LogP contribution is 2.08. The smallest absolute Gasteiger partial charge is 0.307 e. The van der Waals surface area contributed by atoms with E-state index < -0.39 is 0 Å². The third kappa shape index (κ3) is 6.26. The van der Waals surface area contributed by atoms with Gasteiger partial charge in [0.1, 0.15) is 17.7 Å². The number of carbonyl (C=O) groups excluding carboxylic acids is 1. The lowest BCUT2D eigenvalue weighted by Crippen LogP contribution is -2.22. The number of ether oxygens (including phenoxy) is 1. The quantitative estimate of drug-likeness (QED) is 0.567. The van der Waals surface area contributed by atoms with Crippen molar-refractivity contribution in [2.45, 2.75) is 19.9 Å². The standard InChI is InChI=1S/C16H17N3O2/c1-2-21-16(20)8-9-19(13-15(10-17)11-18)12-14-6-4-3-5-7-14/h3-7,13H,2,8-9,12H2,1H3. The Morgan fingerprint density at radius 2 is 1.95 bits per heavy atom. The van der Waals surface area contributed by atoms with Gasteiger partial charge in [-0.15, -0.1) is 0 Å². The third-order valence-corrected chi connectivity index (χ3v) is 2.69. The SMILES string of the molecule is CCOC(=O)CCN(C=C(C#N)C#N)Cc1ccccc1. The first-order valence-corrected chi connectivity index (χ1v) is 6.65. The summed E-state index contributed by atoms with van der Waals surface area (Å²) >= 11 is 0. The van der Waals surface area contributed by atoms with Crippen molar-refractivity contribution in [3.05, 3.63) is 47.7 Å². The number of benzene rings is 1. The predicted molar refractivity (Wildman–Crippen MR) is 77.4 cm³/mol. The second-order valence-corrected chi connectivity index (χ2v) is 4.28. The number of nitriles is 2. The monoisotopic (exact) mass is 283 g/mol. The van der Waals surface area contributed by atoms with Crippen molar-refractivity contribution in [3.8, 4) is 12.1 Å². The van der Waals surface area contributed by atoms with Crippen molar-refractivity contribution < 1.29 is 9.53 Å². The molecule has 0 radical (unpaired) electrons. The Morgan fingerprint density at radius 1 is 1.29 bits per heavy atom. The van der Waals surface area contributed by atoms with Gasteiger partial charge in [0.2, 0.25) is 0 Å². The van der Waals surface area contributed by atoms with E-state index in [-0.39, 0.29) is 18.0 Å². The zero-order valence-corrected chi connectivity index (χ0v) is 12.0. The number of hydrogen-bond donors (Lipinski definition) is 0. The van der Waals surface area contributed by atoms with E-state index in [0.717, 1.165) is 5.56 Å². The summed E-state index contributed by atoms with van der Waals surface area (Å²) in [6.07, 6.45) is 1.69. The van der Waals surface area contributed by atoms with Crippen LogP contribution < -0.4 is 0 Å². The van der Waals surface area contributed by atoms with Crippen LogP contribution in [0, 0.1) is 22.7 Å². The summed E-state index contributed by atoms with van der Waals surface area (Å²) in [5, 5.41) is 17.7. The molecule has 0 saturated carbocycles. The molecular formula is C16H17N3O2. The van der Waals surface area contributed by atoms with Gasteiger partial charge in [-0.2, -0.15) is 10.5 Å². The van der Waals surface area contributed by atoms with Crippen LogP contribution in [0.5, 0.6) is 0 Å². The van der Waals surface area contributed by atoms with E-state index in [0.29, 0.717) is 19.7 Å². The molecule has 1 rings (SSSR count). The summed E-state index contributed by atoms with van der Waals surface area (Å²) < 4.78 is 4.88. The van der Waals surface area contributed by atoms with Crippen LogP contribution in [0.2, 0.25) is 0 Å². The average molecular weight is 283 g/mol. The zero-order valence-electron chi connectivity index (χ0n) is 12.0. The average Bonchev–Trinajstić information content (AvgIpc) is 2.51. The molecule has 0 spiro atoms. The summed E-state index contributed by atoms with van der Waals surface area (Å²) in [7, 11) is 0. The Morgan fingerprint density at radius 3 is 2.52 bits per heavy atom. The molecule has 21 heavy (non-hydrogen) atoms. The first-order chi connectivity index (χ1) is 10.2. The lowest BCUT2D eigenvalue weighted by atomic mass is 10.2. The second-order valence-electron chi connectivity index (χ2n) is 4.28. The van der Waals surface area contributed by atoms with Crippen molar-refractivity contribution in [3.63, 3.8) is 0 Å². The molecule has 5 heteroatoms. The molecule has 0 bridgehead atoms. The van der Waals surface area contributed by atoms with Gasteiger partial charge in [-0.05, 0) is 12.5 Å². The molecule has 0 heterocycles. The Balaban J connectivity index is 2.76. The molecule has 0 aliphatic heterocycles. The topological polar surface area (TPSA) is 77.1 Å². The largest absolute Gasteiger partial charge is 0.466 e. The fraction of sp³-hybridized carbons (Fsp3) is 0.312. The van der Waals surface area contributed by atoms with Gasteiger partial charge < -0.3 is 9.64 Å². The van der Waals surface area contributed by atoms with Crippen LogP contribution in [0.15, 0.2) is 42.1 Å². The van der Waals surface area contributed by atoms with E-state index in [1.165, 1.54) is 6.20 Å². The first-order valence-electron chi connectivity index (χ1n) is 6.65. The second kappa shape index (κ2) is 9.17. The number of allylic oxidation sites excluding steroid dienone is 1. The molecule has 108 valence electrons. The molecule has 0 N–H and O–H groups in total. The van der Waals surface area contributed by atoms with Gasteiger partial charge in [-0.3, -0.25) is 4.79 Å². The van der Waals surface area contributed by atoms with Crippen molar-refractivity contribution >= 4 is 5.97 Å². The summed E-state index contributed by atoms with van der Waals surface area (Å²) in [5.41, 5.74) is 1.04. The Kier molecular flexibility index (Phi) is 7.10. The van der Waals surface area contributed by atoms with Crippen LogP contribution in [0.1, 0.15) is 18.9 Å². The van der Waals surface area contributed by atoms with E-state index in [1.54, 1.807) is 11.8 Å². The minimum atomic E-state index is -0.292. The summed E-state index contributed by atoms with van der Waals surface area (Å²) in [4.78, 5) is 13.2. The van der Waals surface area contributed by atoms with Crippen molar-refractivity contribution in [2.24, 2.45) is 0 Å². The van der Waals surface area contributed by atoms with Crippen LogP contribution >= 0.6 is 0 Å². The molecule has 0 aromatic heterocycles. The predicted octanol–water partition coefficient (Wildman–Crippen LogP) is 2.37. The maximum absolute atomic E-state index is 11.4. The first kappa shape index (κ1) is 16.3. The fourth-order valence-corrected chi connectivity index (χ4v) is 1.74. The highest BCUT2D eigenvalue weighted by molar-refractivity contribution is 5.69. The molecule has 5 nitrogen and oxygen atoms in total. The molecule has 0 amide bonds. The lowest BCUT2D eigenvalue weighted by molar-refractivity contribution is -0.143. The molecule has 0 unspecified atom stereocenters. The fourth-order valence-electron chi connectivity index (χ4n) is 1.74. The van der Waals surface area contributed by atoms with E-state index in [9.17, 15) is 4.79 Å². The van der Waals surface area contributed by atoms with Crippen LogP contribution in [0.25, 0.3) is 0 Å². The van der Waals surface area contributed by atoms with Gasteiger partial charge in [0.05, 0.1) is 13.0 Å². The Bertz CT molecular complexity index is 551. The van der Waals surface area contributed by atoms with Gasteiger partial charge in [-0.25, -0.2) is 0 Å². The maximum atomic E-state index is 11.4. The van der Waals surface area contributed by atoms with Gasteiger partial charge >= 0.3 is 5.97 Å². The highest BCUT2D eigenvalue weighted by atomic mass is 16.5. The summed E-state index contributed by atoms with van der Waals surface area (Å²) in [5.74, 6) is -0.292. The molecule has 0 atom stereocenters. The number of rotatable bonds is 7. The van der Waals surface area contributed by atoms with Crippen molar-refractivity contribution in [2.75, 3.05) is 13.2 Å². The van der Waals surface area contributed by atoms with Gasteiger partial charge in [0, 0.05) is 19.3 Å². The van der Waals surface area contributed by atoms with Gasteiger partial charge in [-0.1, -0.05) is 30.3 Å². The summed E-state index contributed by atoms with van der Waals surface area (Å²) in [6.45, 7) is 3.01. The van der Waals surface area contributed by atoms with E-state index in [1.807, 2.05) is 42.5 Å². The normalized spacial score (nSPS) is 9.10. The molecule has 0 aliphatic rings. The molecule has 1 aromatic rings. The van der Waals surface area contributed by atoms with Crippen LogP contribution in [-0.2, 0) is 16.1 Å². The van der Waals surface area contributed by atoms with E-state index >= 15 is 0 Å². The third-order valence-electron chi connectivity index (χ3n) is 2.69. The molecule has 0 saturated heterocycles. The van der Waals surface area contributed by atoms with Crippen LogP contribution in [0.3, 0.4) is 0 Å². The molecule has 0 aliphatic carbocycles. The summed E-state index contributed by atoms with van der Waals surface area (Å²) in [6, 6.07) is 13.3. The number of hydrogen-bond acceptors (Lipinski definition) is 5. The highest BCUT2D eigenvalue weighted by Gasteiger charge is 2.08. The van der Waals surface area contributed by atoms with E-state index in [4.69, 9.17) is 15.3 Å². The Hall–Kier alpha value is -2.79. The van der Waals surface area contributed by atoms with E-state index in [2.05, 4.69) is 0 Å².